The number of rotatable bonds is 3. The molecule has 0 radical (unpaired) electrons. The Bertz CT molecular complexity index is 683. The summed E-state index contributed by atoms with van der Waals surface area (Å²) >= 11 is 0. The predicted molar refractivity (Wildman–Crippen MR) is 87.6 cm³/mol. The standard InChI is InChI=1S/C17H24N2O3/c1-11(9-18)14-10-19(16(20)22-17(2,3)4)15-7-6-12(21-5)8-13(14)15/h6-8,10-11H,9,18H2,1-5H3. The van der Waals surface area contributed by atoms with Gasteiger partial charge >= 0.3 is 6.09 Å². The zero-order valence-corrected chi connectivity index (χ0v) is 13.8. The number of hydrogen-bond donors (Lipinski definition) is 1. The number of aromatic nitrogens is 1. The summed E-state index contributed by atoms with van der Waals surface area (Å²) < 4.78 is 12.3. The van der Waals surface area contributed by atoms with Crippen LogP contribution >= 0.6 is 0 Å². The van der Waals surface area contributed by atoms with Gasteiger partial charge in [0.1, 0.15) is 11.4 Å². The van der Waals surface area contributed by atoms with Crippen LogP contribution in [0.25, 0.3) is 10.9 Å². The Hall–Kier alpha value is -2.01. The van der Waals surface area contributed by atoms with Crippen LogP contribution in [-0.2, 0) is 4.74 Å². The van der Waals surface area contributed by atoms with Crippen LogP contribution in [0.15, 0.2) is 24.4 Å². The number of ether oxygens (including phenoxy) is 2. The fourth-order valence-electron chi connectivity index (χ4n) is 2.34. The fraction of sp³-hybridized carbons (Fsp3) is 0.471. The third-order valence-electron chi connectivity index (χ3n) is 3.52. The average Bonchev–Trinajstić information content (AvgIpc) is 2.83. The molecule has 1 aromatic heterocycles. The normalized spacial score (nSPS) is 13.2. The highest BCUT2D eigenvalue weighted by Gasteiger charge is 2.22. The van der Waals surface area contributed by atoms with E-state index >= 15 is 0 Å². The van der Waals surface area contributed by atoms with Crippen LogP contribution in [-0.4, -0.2) is 29.9 Å². The zero-order valence-electron chi connectivity index (χ0n) is 13.8. The molecular weight excluding hydrogens is 280 g/mol. The Morgan fingerprint density at radius 1 is 1.36 bits per heavy atom. The summed E-state index contributed by atoms with van der Waals surface area (Å²) in [4.78, 5) is 12.4. The minimum atomic E-state index is -0.542. The Kier molecular flexibility index (Phi) is 4.47. The van der Waals surface area contributed by atoms with Crippen LogP contribution in [0.2, 0.25) is 0 Å². The van der Waals surface area contributed by atoms with Crippen molar-refractivity contribution in [1.82, 2.24) is 4.57 Å². The smallest absolute Gasteiger partial charge is 0.419 e. The van der Waals surface area contributed by atoms with E-state index < -0.39 is 11.7 Å². The molecule has 0 amide bonds. The lowest BCUT2D eigenvalue weighted by atomic mass is 10.0. The SMILES string of the molecule is COc1ccc2c(c1)c(C(C)CN)cn2C(=O)OC(C)(C)C. The molecule has 0 aliphatic heterocycles. The van der Waals surface area contributed by atoms with Gasteiger partial charge in [0.25, 0.3) is 0 Å². The van der Waals surface area contributed by atoms with Gasteiger partial charge in [0, 0.05) is 11.6 Å². The first-order valence-electron chi connectivity index (χ1n) is 7.39. The molecule has 0 aliphatic rings. The van der Waals surface area contributed by atoms with Gasteiger partial charge in [0.2, 0.25) is 0 Å². The van der Waals surface area contributed by atoms with Crippen molar-refractivity contribution in [3.63, 3.8) is 0 Å². The monoisotopic (exact) mass is 304 g/mol. The first-order valence-corrected chi connectivity index (χ1v) is 7.39. The molecule has 2 rings (SSSR count). The number of hydrogen-bond acceptors (Lipinski definition) is 4. The summed E-state index contributed by atoms with van der Waals surface area (Å²) in [6, 6.07) is 5.63. The number of nitrogens with zero attached hydrogens (tertiary/aromatic N) is 1. The van der Waals surface area contributed by atoms with Crippen LogP contribution in [0.4, 0.5) is 4.79 Å². The second-order valence-electron chi connectivity index (χ2n) is 6.45. The summed E-state index contributed by atoms with van der Waals surface area (Å²) in [7, 11) is 1.62. The Morgan fingerprint density at radius 2 is 2.05 bits per heavy atom. The molecular formula is C17H24N2O3. The number of nitrogens with two attached hydrogens (primary N) is 1. The van der Waals surface area contributed by atoms with Gasteiger partial charge in [-0.05, 0) is 57.0 Å². The van der Waals surface area contributed by atoms with Crippen LogP contribution < -0.4 is 10.5 Å². The van der Waals surface area contributed by atoms with E-state index in [1.807, 2.05) is 52.1 Å². The van der Waals surface area contributed by atoms with Gasteiger partial charge in [-0.3, -0.25) is 4.57 Å². The van der Waals surface area contributed by atoms with Crippen LogP contribution in [0.5, 0.6) is 5.75 Å². The summed E-state index contributed by atoms with van der Waals surface area (Å²) in [5.74, 6) is 0.887. The first kappa shape index (κ1) is 16.4. The number of benzene rings is 1. The molecule has 120 valence electrons. The molecule has 0 spiro atoms. The third kappa shape index (κ3) is 3.25. The zero-order chi connectivity index (χ0) is 16.5. The Morgan fingerprint density at radius 3 is 2.59 bits per heavy atom. The molecule has 5 heteroatoms. The average molecular weight is 304 g/mol. The number of methoxy groups -OCH3 is 1. The van der Waals surface area contributed by atoms with E-state index in [0.29, 0.717) is 6.54 Å². The van der Waals surface area contributed by atoms with Crippen molar-refractivity contribution in [2.75, 3.05) is 13.7 Å². The highest BCUT2D eigenvalue weighted by molar-refractivity contribution is 5.93. The van der Waals surface area contributed by atoms with Crippen LogP contribution in [0.3, 0.4) is 0 Å². The topological polar surface area (TPSA) is 66.5 Å². The quantitative estimate of drug-likeness (QED) is 0.942. The summed E-state index contributed by atoms with van der Waals surface area (Å²) in [6.45, 7) is 8.09. The second kappa shape index (κ2) is 6.01. The lowest BCUT2D eigenvalue weighted by molar-refractivity contribution is 0.0544. The van der Waals surface area contributed by atoms with Gasteiger partial charge in [-0.25, -0.2) is 4.79 Å². The van der Waals surface area contributed by atoms with E-state index in [-0.39, 0.29) is 5.92 Å². The maximum Gasteiger partial charge on any atom is 0.419 e. The molecule has 1 unspecified atom stereocenters. The molecule has 2 N–H and O–H groups in total. The first-order chi connectivity index (χ1) is 10.3. The highest BCUT2D eigenvalue weighted by atomic mass is 16.6. The van der Waals surface area contributed by atoms with Crippen LogP contribution in [0, 0.1) is 0 Å². The number of fused-ring (bicyclic) bond motifs is 1. The second-order valence-corrected chi connectivity index (χ2v) is 6.45. The Balaban J connectivity index is 2.58. The lowest BCUT2D eigenvalue weighted by Crippen LogP contribution is -2.26. The van der Waals surface area contributed by atoms with E-state index in [0.717, 1.165) is 22.2 Å². The molecule has 0 saturated carbocycles. The van der Waals surface area contributed by atoms with Gasteiger partial charge in [-0.15, -0.1) is 0 Å². The molecule has 0 fully saturated rings. The molecule has 5 nitrogen and oxygen atoms in total. The molecule has 0 bridgehead atoms. The highest BCUT2D eigenvalue weighted by Crippen LogP contribution is 2.31. The molecule has 22 heavy (non-hydrogen) atoms. The molecule has 1 heterocycles. The van der Waals surface area contributed by atoms with E-state index in [4.69, 9.17) is 15.2 Å². The number of carbonyl (C=O) groups excluding carboxylic acids is 1. The molecule has 2 aromatic rings. The van der Waals surface area contributed by atoms with Gasteiger partial charge in [-0.1, -0.05) is 6.92 Å². The maximum atomic E-state index is 12.4. The van der Waals surface area contributed by atoms with E-state index in [2.05, 4.69) is 0 Å². The van der Waals surface area contributed by atoms with Crippen molar-refractivity contribution in [2.45, 2.75) is 39.2 Å². The fourth-order valence-corrected chi connectivity index (χ4v) is 2.34. The van der Waals surface area contributed by atoms with Crippen molar-refractivity contribution in [2.24, 2.45) is 5.73 Å². The minimum Gasteiger partial charge on any atom is -0.497 e. The molecule has 1 aromatic carbocycles. The third-order valence-corrected chi connectivity index (χ3v) is 3.52. The van der Waals surface area contributed by atoms with E-state index in [9.17, 15) is 4.79 Å². The van der Waals surface area contributed by atoms with Crippen molar-refractivity contribution in [1.29, 1.82) is 0 Å². The van der Waals surface area contributed by atoms with E-state index in [1.165, 1.54) is 0 Å². The van der Waals surface area contributed by atoms with Gasteiger partial charge < -0.3 is 15.2 Å². The van der Waals surface area contributed by atoms with E-state index in [1.54, 1.807) is 11.7 Å². The Labute approximate surface area is 131 Å². The molecule has 0 aliphatic carbocycles. The van der Waals surface area contributed by atoms with Gasteiger partial charge in [0.15, 0.2) is 0 Å². The minimum absolute atomic E-state index is 0.137. The van der Waals surface area contributed by atoms with Gasteiger partial charge in [-0.2, -0.15) is 0 Å². The van der Waals surface area contributed by atoms with Crippen molar-refractivity contribution in [3.05, 3.63) is 30.0 Å². The largest absolute Gasteiger partial charge is 0.497 e. The van der Waals surface area contributed by atoms with Crippen molar-refractivity contribution >= 4 is 17.0 Å². The number of carbonyl (C=O) groups is 1. The molecule has 1 atom stereocenters. The van der Waals surface area contributed by atoms with Crippen molar-refractivity contribution in [3.8, 4) is 5.75 Å². The lowest BCUT2D eigenvalue weighted by Gasteiger charge is -2.19. The summed E-state index contributed by atoms with van der Waals surface area (Å²) in [5, 5.41) is 0.961. The summed E-state index contributed by atoms with van der Waals surface area (Å²) in [5.41, 5.74) is 7.07. The maximum absolute atomic E-state index is 12.4. The van der Waals surface area contributed by atoms with Crippen molar-refractivity contribution < 1.29 is 14.3 Å². The van der Waals surface area contributed by atoms with Crippen LogP contribution in [0.1, 0.15) is 39.2 Å². The van der Waals surface area contributed by atoms with Gasteiger partial charge in [0.05, 0.1) is 12.6 Å². The predicted octanol–water partition coefficient (Wildman–Crippen LogP) is 3.50. The summed E-state index contributed by atoms with van der Waals surface area (Å²) in [6.07, 6.45) is 1.42. The molecule has 0 saturated heterocycles.